The van der Waals surface area contributed by atoms with Gasteiger partial charge in [0.2, 0.25) is 10.0 Å². The topological polar surface area (TPSA) is 57.7 Å². The predicted octanol–water partition coefficient (Wildman–Crippen LogP) is 3.91. The molecular formula is C23H25F3N2O3S. The molecule has 0 aromatic heterocycles. The SMILES string of the molecule is C[C@@H]1CN(c2ccc(C(F)(F)F)cc2)C[C@H](C)N1S(=O)(=O)c1cccc2c1CC(C=O)C2. The van der Waals surface area contributed by atoms with Gasteiger partial charge in [-0.2, -0.15) is 17.5 Å². The molecule has 0 amide bonds. The average molecular weight is 467 g/mol. The fraction of sp³-hybridized carbons (Fsp3) is 0.435. The number of aldehydes is 1. The van der Waals surface area contributed by atoms with Crippen LogP contribution in [0.2, 0.25) is 0 Å². The summed E-state index contributed by atoms with van der Waals surface area (Å²) < 4.78 is 67.4. The molecule has 32 heavy (non-hydrogen) atoms. The lowest BCUT2D eigenvalue weighted by Crippen LogP contribution is -2.58. The summed E-state index contributed by atoms with van der Waals surface area (Å²) in [5.74, 6) is -0.201. The molecule has 3 atom stereocenters. The van der Waals surface area contributed by atoms with Crippen molar-refractivity contribution in [2.24, 2.45) is 5.92 Å². The monoisotopic (exact) mass is 466 g/mol. The number of anilines is 1. The second-order valence-corrected chi connectivity index (χ2v) is 10.5. The number of carbonyl (C=O) groups is 1. The lowest BCUT2D eigenvalue weighted by Gasteiger charge is -2.44. The molecule has 2 aromatic rings. The summed E-state index contributed by atoms with van der Waals surface area (Å²) in [6, 6.07) is 9.36. The van der Waals surface area contributed by atoms with Crippen molar-refractivity contribution in [3.05, 3.63) is 59.2 Å². The van der Waals surface area contributed by atoms with Gasteiger partial charge in [-0.05, 0) is 68.1 Å². The van der Waals surface area contributed by atoms with E-state index in [4.69, 9.17) is 0 Å². The molecule has 1 unspecified atom stereocenters. The zero-order valence-corrected chi connectivity index (χ0v) is 18.7. The molecule has 2 aliphatic rings. The Morgan fingerprint density at radius 1 is 0.969 bits per heavy atom. The summed E-state index contributed by atoms with van der Waals surface area (Å²) in [7, 11) is -3.81. The van der Waals surface area contributed by atoms with Gasteiger partial charge < -0.3 is 9.69 Å². The van der Waals surface area contributed by atoms with E-state index >= 15 is 0 Å². The first-order valence-electron chi connectivity index (χ1n) is 10.5. The van der Waals surface area contributed by atoms with Crippen molar-refractivity contribution in [1.82, 2.24) is 4.31 Å². The minimum Gasteiger partial charge on any atom is -0.368 e. The van der Waals surface area contributed by atoms with Crippen molar-refractivity contribution in [1.29, 1.82) is 0 Å². The van der Waals surface area contributed by atoms with Crippen LogP contribution >= 0.6 is 0 Å². The van der Waals surface area contributed by atoms with Gasteiger partial charge in [-0.15, -0.1) is 0 Å². The van der Waals surface area contributed by atoms with Gasteiger partial charge in [-0.3, -0.25) is 0 Å². The third kappa shape index (κ3) is 4.03. The Balaban J connectivity index is 1.59. The van der Waals surface area contributed by atoms with Crippen molar-refractivity contribution < 1.29 is 26.4 Å². The van der Waals surface area contributed by atoms with E-state index in [0.717, 1.165) is 24.0 Å². The van der Waals surface area contributed by atoms with Crippen LogP contribution in [0.3, 0.4) is 0 Å². The minimum absolute atomic E-state index is 0.201. The van der Waals surface area contributed by atoms with E-state index < -0.39 is 21.8 Å². The molecule has 0 saturated carbocycles. The zero-order valence-electron chi connectivity index (χ0n) is 17.8. The number of halogens is 3. The second kappa shape index (κ2) is 8.19. The van der Waals surface area contributed by atoms with Gasteiger partial charge in [0.1, 0.15) is 6.29 Å². The van der Waals surface area contributed by atoms with Gasteiger partial charge in [0.15, 0.2) is 0 Å². The largest absolute Gasteiger partial charge is 0.416 e. The molecule has 0 spiro atoms. The van der Waals surface area contributed by atoms with Gasteiger partial charge in [0.25, 0.3) is 0 Å². The Kier molecular flexibility index (Phi) is 5.83. The number of sulfonamides is 1. The van der Waals surface area contributed by atoms with Crippen LogP contribution in [0.5, 0.6) is 0 Å². The van der Waals surface area contributed by atoms with E-state index in [-0.39, 0.29) is 22.9 Å². The number of carbonyl (C=O) groups excluding carboxylic acids is 1. The molecule has 0 bridgehead atoms. The van der Waals surface area contributed by atoms with Crippen molar-refractivity contribution in [3.8, 4) is 0 Å². The summed E-state index contributed by atoms with van der Waals surface area (Å²) in [6.07, 6.45) is -2.55. The highest BCUT2D eigenvalue weighted by atomic mass is 32.2. The standard InChI is InChI=1S/C23H25F3N2O3S/c1-15-12-27(20-8-6-19(7-9-20)23(24,25)26)13-16(2)28(15)32(30,31)22-5-3-4-18-10-17(14-29)11-21(18)22/h3-9,14-17H,10-13H2,1-2H3/t15-,16+,17?. The smallest absolute Gasteiger partial charge is 0.368 e. The Morgan fingerprint density at radius 2 is 1.59 bits per heavy atom. The summed E-state index contributed by atoms with van der Waals surface area (Å²) in [4.78, 5) is 13.4. The van der Waals surface area contributed by atoms with Gasteiger partial charge in [0.05, 0.1) is 10.5 Å². The van der Waals surface area contributed by atoms with Gasteiger partial charge >= 0.3 is 6.18 Å². The van der Waals surface area contributed by atoms with Crippen molar-refractivity contribution in [3.63, 3.8) is 0 Å². The number of benzene rings is 2. The maximum atomic E-state index is 13.7. The molecule has 0 N–H and O–H groups in total. The van der Waals surface area contributed by atoms with Crippen molar-refractivity contribution in [2.75, 3.05) is 18.0 Å². The molecular weight excluding hydrogens is 441 g/mol. The normalized spacial score (nSPS) is 24.4. The van der Waals surface area contributed by atoms with E-state index in [1.54, 1.807) is 12.1 Å². The number of hydrogen-bond acceptors (Lipinski definition) is 4. The summed E-state index contributed by atoms with van der Waals surface area (Å²) in [5, 5.41) is 0. The fourth-order valence-electron chi connectivity index (χ4n) is 4.96. The highest BCUT2D eigenvalue weighted by Crippen LogP contribution is 2.36. The van der Waals surface area contributed by atoms with E-state index in [9.17, 15) is 26.4 Å². The summed E-state index contributed by atoms with van der Waals surface area (Å²) in [6.45, 7) is 4.34. The molecule has 1 aliphatic heterocycles. The Labute approximate surface area is 185 Å². The first-order valence-corrected chi connectivity index (χ1v) is 12.0. The van der Waals surface area contributed by atoms with Crippen LogP contribution in [0.4, 0.5) is 18.9 Å². The average Bonchev–Trinajstić information content (AvgIpc) is 3.16. The fourth-order valence-corrected chi connectivity index (χ4v) is 7.04. The number of hydrogen-bond donors (Lipinski definition) is 0. The summed E-state index contributed by atoms with van der Waals surface area (Å²) >= 11 is 0. The summed E-state index contributed by atoms with van der Waals surface area (Å²) in [5.41, 5.74) is 1.53. The third-order valence-electron chi connectivity index (χ3n) is 6.32. The van der Waals surface area contributed by atoms with E-state index in [2.05, 4.69) is 0 Å². The number of rotatable bonds is 4. The Bertz CT molecular complexity index is 1100. The quantitative estimate of drug-likeness (QED) is 0.642. The highest BCUT2D eigenvalue weighted by Gasteiger charge is 2.41. The van der Waals surface area contributed by atoms with Crippen LogP contribution in [0.1, 0.15) is 30.5 Å². The first-order chi connectivity index (χ1) is 15.0. The number of alkyl halides is 3. The number of nitrogens with zero attached hydrogens (tertiary/aromatic N) is 2. The molecule has 4 rings (SSSR count). The molecule has 1 saturated heterocycles. The molecule has 9 heteroatoms. The maximum absolute atomic E-state index is 13.7. The van der Waals surface area contributed by atoms with E-state index in [0.29, 0.717) is 37.2 Å². The van der Waals surface area contributed by atoms with Crippen LogP contribution < -0.4 is 4.90 Å². The molecule has 1 heterocycles. The molecule has 172 valence electrons. The third-order valence-corrected chi connectivity index (χ3v) is 8.54. The van der Waals surface area contributed by atoms with Gasteiger partial charge in [-0.1, -0.05) is 12.1 Å². The number of fused-ring (bicyclic) bond motifs is 1. The van der Waals surface area contributed by atoms with Crippen molar-refractivity contribution in [2.45, 2.75) is 49.8 Å². The van der Waals surface area contributed by atoms with Gasteiger partial charge in [-0.25, -0.2) is 8.42 Å². The van der Waals surface area contributed by atoms with Crippen molar-refractivity contribution >= 4 is 22.0 Å². The van der Waals surface area contributed by atoms with Crippen LogP contribution in [-0.4, -0.2) is 44.2 Å². The minimum atomic E-state index is -4.40. The second-order valence-electron chi connectivity index (χ2n) is 8.68. The molecule has 0 radical (unpaired) electrons. The first kappa shape index (κ1) is 22.8. The molecule has 1 aliphatic carbocycles. The van der Waals surface area contributed by atoms with Crippen LogP contribution in [0.15, 0.2) is 47.4 Å². The van der Waals surface area contributed by atoms with Gasteiger partial charge in [0, 0.05) is 36.8 Å². The highest BCUT2D eigenvalue weighted by molar-refractivity contribution is 7.89. The molecule has 1 fully saturated rings. The lowest BCUT2D eigenvalue weighted by atomic mass is 10.1. The van der Waals surface area contributed by atoms with E-state index in [1.807, 2.05) is 24.8 Å². The zero-order chi connectivity index (χ0) is 23.3. The predicted molar refractivity (Wildman–Crippen MR) is 115 cm³/mol. The Hall–Kier alpha value is -2.39. The Morgan fingerprint density at radius 3 is 2.16 bits per heavy atom. The van der Waals surface area contributed by atoms with Crippen LogP contribution in [0, 0.1) is 5.92 Å². The van der Waals surface area contributed by atoms with Crippen LogP contribution in [-0.2, 0) is 33.8 Å². The lowest BCUT2D eigenvalue weighted by molar-refractivity contribution is -0.137. The van der Waals surface area contributed by atoms with E-state index in [1.165, 1.54) is 16.4 Å². The number of piperazine rings is 1. The van der Waals surface area contributed by atoms with Crippen LogP contribution in [0.25, 0.3) is 0 Å². The maximum Gasteiger partial charge on any atom is 0.416 e. The molecule has 2 aromatic carbocycles. The molecule has 5 nitrogen and oxygen atoms in total.